The number of hydrogen-bond donors (Lipinski definition) is 1. The molecule has 0 aliphatic carbocycles. The first kappa shape index (κ1) is 17.2. The summed E-state index contributed by atoms with van der Waals surface area (Å²) < 4.78 is 16.0. The topological polar surface area (TPSA) is 86.5 Å². The first-order valence-electron chi connectivity index (χ1n) is 7.84. The average Bonchev–Trinajstić information content (AvgIpc) is 2.83. The highest BCUT2D eigenvalue weighted by atomic mass is 16.5. The molecule has 0 aromatic carbocycles. The van der Waals surface area contributed by atoms with E-state index in [0.717, 1.165) is 6.42 Å². The summed E-state index contributed by atoms with van der Waals surface area (Å²) in [5.41, 5.74) is 0.777. The predicted molar refractivity (Wildman–Crippen MR) is 86.8 cm³/mol. The second-order valence-electron chi connectivity index (χ2n) is 5.03. The van der Waals surface area contributed by atoms with Crippen molar-refractivity contribution in [2.75, 3.05) is 31.7 Å². The Labute approximate surface area is 135 Å². The van der Waals surface area contributed by atoms with Gasteiger partial charge in [-0.05, 0) is 34.1 Å². The molecule has 7 heteroatoms. The van der Waals surface area contributed by atoms with Crippen molar-refractivity contribution < 1.29 is 18.7 Å². The number of hydrogen-bond acceptors (Lipinski definition) is 7. The van der Waals surface area contributed by atoms with Crippen LogP contribution in [-0.2, 0) is 9.47 Å². The summed E-state index contributed by atoms with van der Waals surface area (Å²) in [7, 11) is 0. The smallest absolute Gasteiger partial charge is 0.342 e. The van der Waals surface area contributed by atoms with Gasteiger partial charge in [0.05, 0.1) is 12.0 Å². The molecule has 2 aromatic rings. The number of anilines is 1. The number of fused-ring (bicyclic) bond motifs is 1. The third-order valence-corrected chi connectivity index (χ3v) is 3.28. The van der Waals surface area contributed by atoms with Crippen molar-refractivity contribution in [2.24, 2.45) is 0 Å². The molecule has 23 heavy (non-hydrogen) atoms. The van der Waals surface area contributed by atoms with Gasteiger partial charge in [0.1, 0.15) is 23.0 Å². The first-order chi connectivity index (χ1) is 11.1. The van der Waals surface area contributed by atoms with Crippen LogP contribution in [0, 0.1) is 13.8 Å². The van der Waals surface area contributed by atoms with Crippen LogP contribution in [0.4, 0.5) is 5.82 Å². The number of aryl methyl sites for hydroxylation is 2. The lowest BCUT2D eigenvalue weighted by Gasteiger charge is -2.08. The minimum Gasteiger partial charge on any atom is -0.462 e. The summed E-state index contributed by atoms with van der Waals surface area (Å²) in [5.74, 6) is 1.22. The van der Waals surface area contributed by atoms with Crippen molar-refractivity contribution >= 4 is 22.9 Å². The molecule has 0 saturated heterocycles. The van der Waals surface area contributed by atoms with Gasteiger partial charge in [0, 0.05) is 19.8 Å². The van der Waals surface area contributed by atoms with Crippen LogP contribution in [0.25, 0.3) is 11.1 Å². The molecule has 0 saturated carbocycles. The van der Waals surface area contributed by atoms with Gasteiger partial charge >= 0.3 is 5.97 Å². The van der Waals surface area contributed by atoms with Crippen molar-refractivity contribution in [3.8, 4) is 0 Å². The molecule has 0 amide bonds. The largest absolute Gasteiger partial charge is 0.462 e. The van der Waals surface area contributed by atoms with Gasteiger partial charge < -0.3 is 19.2 Å². The Balaban J connectivity index is 2.32. The van der Waals surface area contributed by atoms with E-state index in [-0.39, 0.29) is 0 Å². The summed E-state index contributed by atoms with van der Waals surface area (Å²) in [5, 5.41) is 3.81. The maximum Gasteiger partial charge on any atom is 0.342 e. The highest BCUT2D eigenvalue weighted by Gasteiger charge is 2.24. The number of carbonyl (C=O) groups excluding carboxylic acids is 1. The van der Waals surface area contributed by atoms with Crippen LogP contribution in [-0.4, -0.2) is 42.3 Å². The number of esters is 1. The SMILES string of the molecule is CCOCCCNc1nc(C)nc2oc(C)c(C(=O)OCC)c12. The van der Waals surface area contributed by atoms with E-state index in [0.29, 0.717) is 60.4 Å². The van der Waals surface area contributed by atoms with Crippen molar-refractivity contribution in [1.29, 1.82) is 0 Å². The van der Waals surface area contributed by atoms with Gasteiger partial charge in [0.2, 0.25) is 5.71 Å². The van der Waals surface area contributed by atoms with Crippen molar-refractivity contribution in [3.63, 3.8) is 0 Å². The second-order valence-corrected chi connectivity index (χ2v) is 5.03. The Bertz CT molecular complexity index is 682. The van der Waals surface area contributed by atoms with Gasteiger partial charge in [-0.1, -0.05) is 0 Å². The van der Waals surface area contributed by atoms with E-state index < -0.39 is 5.97 Å². The van der Waals surface area contributed by atoms with Gasteiger partial charge in [0.25, 0.3) is 0 Å². The van der Waals surface area contributed by atoms with E-state index in [4.69, 9.17) is 13.9 Å². The van der Waals surface area contributed by atoms with Gasteiger partial charge in [-0.25, -0.2) is 9.78 Å². The number of nitrogens with zero attached hydrogens (tertiary/aromatic N) is 2. The maximum absolute atomic E-state index is 12.2. The lowest BCUT2D eigenvalue weighted by atomic mass is 10.2. The minimum absolute atomic E-state index is 0.300. The van der Waals surface area contributed by atoms with Crippen LogP contribution >= 0.6 is 0 Å². The molecular weight excluding hydrogens is 298 g/mol. The Morgan fingerprint density at radius 1 is 1.22 bits per heavy atom. The number of ether oxygens (including phenoxy) is 2. The summed E-state index contributed by atoms with van der Waals surface area (Å²) in [4.78, 5) is 20.9. The number of furan rings is 1. The molecule has 2 heterocycles. The Hall–Kier alpha value is -2.15. The highest BCUT2D eigenvalue weighted by Crippen LogP contribution is 2.30. The molecule has 2 rings (SSSR count). The van der Waals surface area contributed by atoms with Gasteiger partial charge in [-0.2, -0.15) is 4.98 Å². The first-order valence-corrected chi connectivity index (χ1v) is 7.84. The minimum atomic E-state index is -0.423. The van der Waals surface area contributed by atoms with E-state index >= 15 is 0 Å². The van der Waals surface area contributed by atoms with Gasteiger partial charge in [0.15, 0.2) is 0 Å². The second kappa shape index (κ2) is 7.92. The number of rotatable bonds is 8. The van der Waals surface area contributed by atoms with Crippen LogP contribution in [0.2, 0.25) is 0 Å². The third-order valence-electron chi connectivity index (χ3n) is 3.28. The molecular formula is C16H23N3O4. The fraction of sp³-hybridized carbons (Fsp3) is 0.562. The molecule has 0 aliphatic rings. The fourth-order valence-electron chi connectivity index (χ4n) is 2.32. The number of carbonyl (C=O) groups is 1. The zero-order valence-corrected chi connectivity index (χ0v) is 14.1. The molecule has 0 aliphatic heterocycles. The molecule has 1 N–H and O–H groups in total. The quantitative estimate of drug-likeness (QED) is 0.591. The molecule has 0 bridgehead atoms. The molecule has 2 aromatic heterocycles. The zero-order valence-electron chi connectivity index (χ0n) is 14.1. The average molecular weight is 321 g/mol. The Morgan fingerprint density at radius 3 is 2.70 bits per heavy atom. The van der Waals surface area contributed by atoms with Crippen LogP contribution in [0.3, 0.4) is 0 Å². The predicted octanol–water partition coefficient (Wildman–Crippen LogP) is 2.85. The normalized spacial score (nSPS) is 11.0. The molecule has 126 valence electrons. The van der Waals surface area contributed by atoms with Crippen molar-refractivity contribution in [1.82, 2.24) is 9.97 Å². The summed E-state index contributed by atoms with van der Waals surface area (Å²) in [6.07, 6.45) is 0.837. The molecule has 0 atom stereocenters. The summed E-state index contributed by atoms with van der Waals surface area (Å²) >= 11 is 0. The van der Waals surface area contributed by atoms with E-state index in [9.17, 15) is 4.79 Å². The molecule has 0 spiro atoms. The van der Waals surface area contributed by atoms with Crippen LogP contribution in [0.5, 0.6) is 0 Å². The summed E-state index contributed by atoms with van der Waals surface area (Å²) in [6.45, 7) is 9.59. The van der Waals surface area contributed by atoms with Crippen molar-refractivity contribution in [2.45, 2.75) is 34.1 Å². The monoisotopic (exact) mass is 321 g/mol. The number of nitrogens with one attached hydrogen (secondary N) is 1. The van der Waals surface area contributed by atoms with Crippen LogP contribution < -0.4 is 5.32 Å². The highest BCUT2D eigenvalue weighted by molar-refractivity contribution is 6.07. The van der Waals surface area contributed by atoms with E-state index in [1.807, 2.05) is 6.92 Å². The van der Waals surface area contributed by atoms with Crippen LogP contribution in [0.1, 0.15) is 42.2 Å². The molecule has 0 fully saturated rings. The van der Waals surface area contributed by atoms with E-state index in [2.05, 4.69) is 15.3 Å². The summed E-state index contributed by atoms with van der Waals surface area (Å²) in [6, 6.07) is 0. The third kappa shape index (κ3) is 3.98. The lowest BCUT2D eigenvalue weighted by Crippen LogP contribution is -2.10. The van der Waals surface area contributed by atoms with Crippen LogP contribution in [0.15, 0.2) is 4.42 Å². The van der Waals surface area contributed by atoms with Gasteiger partial charge in [-0.15, -0.1) is 0 Å². The van der Waals surface area contributed by atoms with E-state index in [1.165, 1.54) is 0 Å². The molecule has 0 radical (unpaired) electrons. The number of aromatic nitrogens is 2. The van der Waals surface area contributed by atoms with Gasteiger partial charge in [-0.3, -0.25) is 0 Å². The van der Waals surface area contributed by atoms with Crippen molar-refractivity contribution in [3.05, 3.63) is 17.1 Å². The molecule has 7 nitrogen and oxygen atoms in total. The molecule has 0 unspecified atom stereocenters. The zero-order chi connectivity index (χ0) is 16.8. The Morgan fingerprint density at radius 2 is 2.00 bits per heavy atom. The lowest BCUT2D eigenvalue weighted by molar-refractivity contribution is 0.0526. The Kier molecular flexibility index (Phi) is 5.92. The fourth-order valence-corrected chi connectivity index (χ4v) is 2.32. The van der Waals surface area contributed by atoms with E-state index in [1.54, 1.807) is 20.8 Å². The standard InChI is InChI=1S/C16H23N3O4/c1-5-21-9-7-8-17-14-13-12(16(20)22-6-2)10(3)23-15(13)19-11(4)18-14/h5-9H2,1-4H3,(H,17,18,19). The maximum atomic E-state index is 12.2.